The number of thioether (sulfide) groups is 1. The van der Waals surface area contributed by atoms with Gasteiger partial charge >= 0.3 is 0 Å². The standard InChI is InChI=1S/C15H19NS/c1-15(2,3)14-11-6-4-5-7-12(11)16-8-9-17-10-13(14)16/h4-7H,8-10H2,1-3H3. The van der Waals surface area contributed by atoms with Crippen molar-refractivity contribution in [2.45, 2.75) is 38.5 Å². The predicted octanol–water partition coefficient (Wildman–Crippen LogP) is 4.19. The predicted molar refractivity (Wildman–Crippen MR) is 76.8 cm³/mol. The van der Waals surface area contributed by atoms with Gasteiger partial charge in [-0.2, -0.15) is 11.8 Å². The molecule has 0 atom stereocenters. The maximum atomic E-state index is 2.53. The Bertz CT molecular complexity index is 560. The highest BCUT2D eigenvalue weighted by atomic mass is 32.2. The van der Waals surface area contributed by atoms with Gasteiger partial charge in [-0.15, -0.1) is 0 Å². The summed E-state index contributed by atoms with van der Waals surface area (Å²) >= 11 is 2.06. The van der Waals surface area contributed by atoms with Gasteiger partial charge in [-0.1, -0.05) is 39.0 Å². The molecule has 0 fully saturated rings. The molecule has 1 aliphatic heterocycles. The van der Waals surface area contributed by atoms with Crippen molar-refractivity contribution in [3.63, 3.8) is 0 Å². The van der Waals surface area contributed by atoms with Crippen LogP contribution in [0, 0.1) is 0 Å². The summed E-state index contributed by atoms with van der Waals surface area (Å²) in [4.78, 5) is 0. The number of aromatic nitrogens is 1. The molecular formula is C15H19NS. The van der Waals surface area contributed by atoms with Gasteiger partial charge in [0, 0.05) is 34.6 Å². The fourth-order valence-electron chi connectivity index (χ4n) is 2.92. The van der Waals surface area contributed by atoms with Crippen LogP contribution in [0.5, 0.6) is 0 Å². The first-order chi connectivity index (χ1) is 8.09. The number of rotatable bonds is 0. The van der Waals surface area contributed by atoms with Crippen molar-refractivity contribution in [2.24, 2.45) is 0 Å². The highest BCUT2D eigenvalue weighted by Crippen LogP contribution is 2.39. The zero-order valence-electron chi connectivity index (χ0n) is 10.8. The fourth-order valence-corrected chi connectivity index (χ4v) is 3.87. The van der Waals surface area contributed by atoms with Crippen LogP contribution in [-0.4, -0.2) is 10.3 Å². The third-order valence-electron chi connectivity index (χ3n) is 3.53. The van der Waals surface area contributed by atoms with Crippen molar-refractivity contribution in [3.05, 3.63) is 35.5 Å². The number of benzene rings is 1. The van der Waals surface area contributed by atoms with Gasteiger partial charge in [-0.05, 0) is 17.0 Å². The Morgan fingerprint density at radius 2 is 1.94 bits per heavy atom. The van der Waals surface area contributed by atoms with Gasteiger partial charge in [0.05, 0.1) is 0 Å². The van der Waals surface area contributed by atoms with Crippen molar-refractivity contribution < 1.29 is 0 Å². The van der Waals surface area contributed by atoms with Crippen molar-refractivity contribution in [1.29, 1.82) is 0 Å². The minimum absolute atomic E-state index is 0.234. The number of hydrogen-bond donors (Lipinski definition) is 0. The number of nitrogens with zero attached hydrogens (tertiary/aromatic N) is 1. The van der Waals surface area contributed by atoms with Crippen LogP contribution >= 0.6 is 11.8 Å². The van der Waals surface area contributed by atoms with Crippen molar-refractivity contribution >= 4 is 22.7 Å². The highest BCUT2D eigenvalue weighted by Gasteiger charge is 2.27. The molecule has 0 saturated heterocycles. The lowest BCUT2D eigenvalue weighted by atomic mass is 9.85. The zero-order chi connectivity index (χ0) is 12.0. The van der Waals surface area contributed by atoms with Gasteiger partial charge in [-0.3, -0.25) is 0 Å². The van der Waals surface area contributed by atoms with E-state index in [4.69, 9.17) is 0 Å². The summed E-state index contributed by atoms with van der Waals surface area (Å²) < 4.78 is 2.53. The first-order valence-corrected chi connectivity index (χ1v) is 7.43. The molecule has 0 radical (unpaired) electrons. The summed E-state index contributed by atoms with van der Waals surface area (Å²) in [6.45, 7) is 8.15. The molecule has 0 spiro atoms. The second-order valence-electron chi connectivity index (χ2n) is 5.79. The lowest BCUT2D eigenvalue weighted by Gasteiger charge is -2.23. The van der Waals surface area contributed by atoms with E-state index >= 15 is 0 Å². The summed E-state index contributed by atoms with van der Waals surface area (Å²) in [5.41, 5.74) is 4.76. The molecule has 0 N–H and O–H groups in total. The maximum absolute atomic E-state index is 2.53. The third-order valence-corrected chi connectivity index (χ3v) is 4.48. The molecular weight excluding hydrogens is 226 g/mol. The first-order valence-electron chi connectivity index (χ1n) is 6.27. The highest BCUT2D eigenvalue weighted by molar-refractivity contribution is 7.98. The van der Waals surface area contributed by atoms with E-state index in [1.54, 1.807) is 11.3 Å². The molecule has 3 rings (SSSR count). The first kappa shape index (κ1) is 11.2. The Morgan fingerprint density at radius 1 is 1.18 bits per heavy atom. The lowest BCUT2D eigenvalue weighted by Crippen LogP contribution is -2.17. The molecule has 0 bridgehead atoms. The zero-order valence-corrected chi connectivity index (χ0v) is 11.6. The van der Waals surface area contributed by atoms with Crippen LogP contribution in [0.15, 0.2) is 24.3 Å². The van der Waals surface area contributed by atoms with Crippen LogP contribution in [-0.2, 0) is 17.7 Å². The Balaban J connectivity index is 2.39. The van der Waals surface area contributed by atoms with E-state index in [1.165, 1.54) is 22.4 Å². The van der Waals surface area contributed by atoms with Crippen LogP contribution in [0.25, 0.3) is 10.9 Å². The van der Waals surface area contributed by atoms with Crippen LogP contribution < -0.4 is 0 Å². The van der Waals surface area contributed by atoms with E-state index < -0.39 is 0 Å². The number of fused-ring (bicyclic) bond motifs is 3. The maximum Gasteiger partial charge on any atom is 0.0486 e. The second-order valence-corrected chi connectivity index (χ2v) is 6.90. The quantitative estimate of drug-likeness (QED) is 0.674. The lowest BCUT2D eigenvalue weighted by molar-refractivity contribution is 0.582. The van der Waals surface area contributed by atoms with E-state index in [-0.39, 0.29) is 5.41 Å². The van der Waals surface area contributed by atoms with Crippen LogP contribution in [0.1, 0.15) is 32.0 Å². The van der Waals surface area contributed by atoms with Gasteiger partial charge in [0.15, 0.2) is 0 Å². The van der Waals surface area contributed by atoms with Crippen LogP contribution in [0.3, 0.4) is 0 Å². The summed E-state index contributed by atoms with van der Waals surface area (Å²) in [5, 5.41) is 1.46. The van der Waals surface area contributed by atoms with Gasteiger partial charge in [0.25, 0.3) is 0 Å². The number of para-hydroxylation sites is 1. The molecule has 90 valence electrons. The van der Waals surface area contributed by atoms with Crippen molar-refractivity contribution in [3.8, 4) is 0 Å². The Morgan fingerprint density at radius 3 is 2.71 bits per heavy atom. The summed E-state index contributed by atoms with van der Waals surface area (Å²) in [5.74, 6) is 2.41. The molecule has 1 nitrogen and oxygen atoms in total. The smallest absolute Gasteiger partial charge is 0.0486 e. The fraction of sp³-hybridized carbons (Fsp3) is 0.467. The van der Waals surface area contributed by atoms with E-state index in [9.17, 15) is 0 Å². The summed E-state index contributed by atoms with van der Waals surface area (Å²) in [6.07, 6.45) is 0. The van der Waals surface area contributed by atoms with E-state index in [0.717, 1.165) is 6.54 Å². The molecule has 0 aliphatic carbocycles. The number of aryl methyl sites for hydroxylation is 1. The monoisotopic (exact) mass is 245 g/mol. The van der Waals surface area contributed by atoms with Gasteiger partial charge in [0.2, 0.25) is 0 Å². The normalized spacial score (nSPS) is 16.2. The molecule has 0 amide bonds. The molecule has 17 heavy (non-hydrogen) atoms. The van der Waals surface area contributed by atoms with Crippen LogP contribution in [0.2, 0.25) is 0 Å². The topological polar surface area (TPSA) is 4.93 Å². The SMILES string of the molecule is CC(C)(C)c1c2n(c3ccccc13)CCSC2. The molecule has 2 aromatic rings. The molecule has 1 aliphatic rings. The summed E-state index contributed by atoms with van der Waals surface area (Å²) in [7, 11) is 0. The second kappa shape index (κ2) is 3.81. The Labute approximate surface area is 107 Å². The van der Waals surface area contributed by atoms with Crippen molar-refractivity contribution in [2.75, 3.05) is 5.75 Å². The molecule has 1 aromatic carbocycles. The minimum atomic E-state index is 0.234. The Hall–Kier alpha value is -0.890. The van der Waals surface area contributed by atoms with E-state index in [2.05, 4.69) is 61.4 Å². The third kappa shape index (κ3) is 1.70. The van der Waals surface area contributed by atoms with E-state index in [0.29, 0.717) is 0 Å². The largest absolute Gasteiger partial charge is 0.343 e. The van der Waals surface area contributed by atoms with Gasteiger partial charge in [-0.25, -0.2) is 0 Å². The molecule has 1 aromatic heterocycles. The van der Waals surface area contributed by atoms with Gasteiger partial charge < -0.3 is 4.57 Å². The molecule has 2 heterocycles. The minimum Gasteiger partial charge on any atom is -0.343 e. The summed E-state index contributed by atoms with van der Waals surface area (Å²) in [6, 6.07) is 8.87. The molecule has 2 heteroatoms. The molecule has 0 saturated carbocycles. The average Bonchev–Trinajstić information content (AvgIpc) is 2.63. The average molecular weight is 245 g/mol. The number of hydrogen-bond acceptors (Lipinski definition) is 1. The van der Waals surface area contributed by atoms with E-state index in [1.807, 2.05) is 0 Å². The molecule has 0 unspecified atom stereocenters. The van der Waals surface area contributed by atoms with Crippen molar-refractivity contribution in [1.82, 2.24) is 4.57 Å². The van der Waals surface area contributed by atoms with Gasteiger partial charge in [0.1, 0.15) is 0 Å². The Kier molecular flexibility index (Phi) is 2.51. The van der Waals surface area contributed by atoms with Crippen LogP contribution in [0.4, 0.5) is 0 Å².